The molecule has 1 aliphatic rings. The maximum absolute atomic E-state index is 5.71. The van der Waals surface area contributed by atoms with Gasteiger partial charge < -0.3 is 10.1 Å². The lowest BCUT2D eigenvalue weighted by atomic mass is 10.00. The number of hydrogen-bond acceptors (Lipinski definition) is 4. The van der Waals surface area contributed by atoms with Crippen molar-refractivity contribution in [3.63, 3.8) is 0 Å². The van der Waals surface area contributed by atoms with Crippen molar-refractivity contribution in [1.82, 2.24) is 9.97 Å². The number of nitrogens with zero attached hydrogens (tertiary/aromatic N) is 2. The highest BCUT2D eigenvalue weighted by molar-refractivity contribution is 9.10. The maximum Gasteiger partial charge on any atom is 0.132 e. The first-order chi connectivity index (χ1) is 9.22. The van der Waals surface area contributed by atoms with Gasteiger partial charge in [-0.2, -0.15) is 0 Å². The van der Waals surface area contributed by atoms with Crippen LogP contribution in [0, 0.1) is 5.92 Å². The number of nitrogens with one attached hydrogen (secondary N) is 1. The van der Waals surface area contributed by atoms with Gasteiger partial charge in [0.2, 0.25) is 0 Å². The van der Waals surface area contributed by atoms with Crippen LogP contribution in [0.5, 0.6) is 0 Å². The first-order valence-electron chi connectivity index (χ1n) is 7.11. The molecule has 0 amide bonds. The van der Waals surface area contributed by atoms with Gasteiger partial charge in [-0.3, -0.25) is 0 Å². The van der Waals surface area contributed by atoms with Gasteiger partial charge in [-0.15, -0.1) is 0 Å². The molecule has 2 rings (SSSR count). The van der Waals surface area contributed by atoms with Gasteiger partial charge in [0, 0.05) is 31.6 Å². The molecule has 0 aliphatic carbocycles. The van der Waals surface area contributed by atoms with Crippen molar-refractivity contribution < 1.29 is 4.74 Å². The average molecular weight is 328 g/mol. The van der Waals surface area contributed by atoms with E-state index in [0.29, 0.717) is 12.0 Å². The number of ether oxygens (including phenoxy) is 1. The zero-order valence-corrected chi connectivity index (χ0v) is 13.2. The second kappa shape index (κ2) is 7.20. The van der Waals surface area contributed by atoms with Crippen LogP contribution in [0.2, 0.25) is 0 Å². The van der Waals surface area contributed by atoms with Crippen molar-refractivity contribution in [2.75, 3.05) is 18.5 Å². The molecule has 2 unspecified atom stereocenters. The van der Waals surface area contributed by atoms with Crippen LogP contribution in [-0.4, -0.2) is 29.2 Å². The molecule has 19 heavy (non-hydrogen) atoms. The first-order valence-corrected chi connectivity index (χ1v) is 7.91. The summed E-state index contributed by atoms with van der Waals surface area (Å²) in [5.41, 5.74) is 0. The Bertz CT molecular complexity index is 414. The van der Waals surface area contributed by atoms with Gasteiger partial charge in [0.1, 0.15) is 16.2 Å². The van der Waals surface area contributed by atoms with E-state index < -0.39 is 0 Å². The molecule has 0 spiro atoms. The number of halogens is 1. The van der Waals surface area contributed by atoms with Crippen LogP contribution in [0.4, 0.5) is 5.82 Å². The van der Waals surface area contributed by atoms with E-state index >= 15 is 0 Å². The molecule has 1 fully saturated rings. The monoisotopic (exact) mass is 327 g/mol. The molecule has 2 atom stereocenters. The Labute approximate surface area is 123 Å². The van der Waals surface area contributed by atoms with Crippen molar-refractivity contribution in [3.05, 3.63) is 16.5 Å². The molecular weight excluding hydrogens is 306 g/mol. The summed E-state index contributed by atoms with van der Waals surface area (Å²) >= 11 is 3.45. The fraction of sp³-hybridized carbons (Fsp3) is 0.714. The molecule has 0 aromatic carbocycles. The molecular formula is C14H22BrN3O. The largest absolute Gasteiger partial charge is 0.378 e. The van der Waals surface area contributed by atoms with Gasteiger partial charge in [-0.1, -0.05) is 13.8 Å². The second-order valence-corrected chi connectivity index (χ2v) is 5.80. The summed E-state index contributed by atoms with van der Waals surface area (Å²) in [6.07, 6.45) is 4.59. The lowest BCUT2D eigenvalue weighted by Crippen LogP contribution is -2.23. The topological polar surface area (TPSA) is 47.0 Å². The molecule has 106 valence electrons. The quantitative estimate of drug-likeness (QED) is 0.813. The predicted octanol–water partition coefficient (Wildman–Crippen LogP) is 3.42. The Morgan fingerprint density at radius 2 is 2.26 bits per heavy atom. The fourth-order valence-electron chi connectivity index (χ4n) is 2.50. The molecule has 5 heteroatoms. The van der Waals surface area contributed by atoms with E-state index in [0.717, 1.165) is 55.1 Å². The minimum absolute atomic E-state index is 0.396. The van der Waals surface area contributed by atoms with E-state index in [-0.39, 0.29) is 0 Å². The molecule has 4 nitrogen and oxygen atoms in total. The van der Waals surface area contributed by atoms with E-state index in [9.17, 15) is 0 Å². The third-order valence-corrected chi connectivity index (χ3v) is 3.92. The van der Waals surface area contributed by atoms with Crippen molar-refractivity contribution in [2.24, 2.45) is 5.92 Å². The summed E-state index contributed by atoms with van der Waals surface area (Å²) in [4.78, 5) is 8.92. The summed E-state index contributed by atoms with van der Waals surface area (Å²) in [7, 11) is 0. The Balaban J connectivity index is 1.95. The van der Waals surface area contributed by atoms with Crippen LogP contribution in [0.25, 0.3) is 0 Å². The molecule has 1 aromatic heterocycles. The van der Waals surface area contributed by atoms with Crippen molar-refractivity contribution in [2.45, 2.75) is 45.6 Å². The first kappa shape index (κ1) is 14.7. The average Bonchev–Trinajstić information content (AvgIpc) is 2.83. The van der Waals surface area contributed by atoms with Gasteiger partial charge in [0.25, 0.3) is 0 Å². The zero-order chi connectivity index (χ0) is 13.7. The molecule has 1 aromatic rings. The normalized spacial score (nSPS) is 22.7. The minimum atomic E-state index is 0.396. The lowest BCUT2D eigenvalue weighted by molar-refractivity contribution is 0.0900. The predicted molar refractivity (Wildman–Crippen MR) is 80.4 cm³/mol. The third-order valence-electron chi connectivity index (χ3n) is 3.51. The van der Waals surface area contributed by atoms with Crippen molar-refractivity contribution >= 4 is 21.7 Å². The summed E-state index contributed by atoms with van der Waals surface area (Å²) < 4.78 is 6.56. The Hall–Kier alpha value is -0.680. The van der Waals surface area contributed by atoms with Crippen LogP contribution >= 0.6 is 15.9 Å². The Morgan fingerprint density at radius 3 is 3.00 bits per heavy atom. The lowest BCUT2D eigenvalue weighted by Gasteiger charge is -2.17. The molecule has 0 bridgehead atoms. The molecule has 0 saturated carbocycles. The SMILES string of the molecule is CCCc1nc(Br)cc(NCC2CCOC2CC)n1. The highest BCUT2D eigenvalue weighted by atomic mass is 79.9. The van der Waals surface area contributed by atoms with E-state index in [1.54, 1.807) is 0 Å². The fourth-order valence-corrected chi connectivity index (χ4v) is 2.93. The number of rotatable bonds is 6. The van der Waals surface area contributed by atoms with Gasteiger partial charge in [-0.25, -0.2) is 9.97 Å². The second-order valence-electron chi connectivity index (χ2n) is 4.99. The van der Waals surface area contributed by atoms with Crippen LogP contribution in [-0.2, 0) is 11.2 Å². The van der Waals surface area contributed by atoms with Crippen molar-refractivity contribution in [3.8, 4) is 0 Å². The number of anilines is 1. The Kier molecular flexibility index (Phi) is 5.58. The summed E-state index contributed by atoms with van der Waals surface area (Å²) in [6, 6.07) is 1.94. The number of aryl methyl sites for hydroxylation is 1. The zero-order valence-electron chi connectivity index (χ0n) is 11.7. The number of hydrogen-bond donors (Lipinski definition) is 1. The van der Waals surface area contributed by atoms with E-state index in [4.69, 9.17) is 4.74 Å². The van der Waals surface area contributed by atoms with E-state index in [1.807, 2.05) is 6.07 Å². The van der Waals surface area contributed by atoms with E-state index in [2.05, 4.69) is 45.1 Å². The highest BCUT2D eigenvalue weighted by Gasteiger charge is 2.26. The van der Waals surface area contributed by atoms with Gasteiger partial charge in [0.15, 0.2) is 0 Å². The summed E-state index contributed by atoms with van der Waals surface area (Å²) in [5, 5.41) is 3.43. The van der Waals surface area contributed by atoms with Crippen LogP contribution in [0.15, 0.2) is 10.7 Å². The maximum atomic E-state index is 5.71. The third kappa shape index (κ3) is 4.14. The van der Waals surface area contributed by atoms with Crippen molar-refractivity contribution in [1.29, 1.82) is 0 Å². The molecule has 0 radical (unpaired) electrons. The highest BCUT2D eigenvalue weighted by Crippen LogP contribution is 2.24. The van der Waals surface area contributed by atoms with E-state index in [1.165, 1.54) is 0 Å². The smallest absolute Gasteiger partial charge is 0.132 e. The standard InChI is InChI=1S/C14H22BrN3O/c1-3-5-13-17-12(15)8-14(18-13)16-9-10-6-7-19-11(10)4-2/h8,10-11H,3-7,9H2,1-2H3,(H,16,17,18). The molecule has 1 aliphatic heterocycles. The summed E-state index contributed by atoms with van der Waals surface area (Å²) in [6.45, 7) is 6.13. The minimum Gasteiger partial charge on any atom is -0.378 e. The van der Waals surface area contributed by atoms with Crippen LogP contribution in [0.1, 0.15) is 38.9 Å². The summed E-state index contributed by atoms with van der Waals surface area (Å²) in [5.74, 6) is 2.40. The molecule has 2 heterocycles. The van der Waals surface area contributed by atoms with Crippen LogP contribution in [0.3, 0.4) is 0 Å². The van der Waals surface area contributed by atoms with Gasteiger partial charge in [0.05, 0.1) is 6.10 Å². The van der Waals surface area contributed by atoms with Gasteiger partial charge >= 0.3 is 0 Å². The van der Waals surface area contributed by atoms with Crippen LogP contribution < -0.4 is 5.32 Å². The molecule has 1 saturated heterocycles. The van der Waals surface area contributed by atoms with Gasteiger partial charge in [-0.05, 0) is 35.2 Å². The molecule has 1 N–H and O–H groups in total. The number of aromatic nitrogens is 2. The Morgan fingerprint density at radius 1 is 1.42 bits per heavy atom.